The second-order valence-corrected chi connectivity index (χ2v) is 5.59. The minimum absolute atomic E-state index is 0.379. The van der Waals surface area contributed by atoms with Gasteiger partial charge < -0.3 is 15.2 Å². The van der Waals surface area contributed by atoms with E-state index in [-0.39, 0.29) is 6.04 Å². The number of carbonyl (C=O) groups excluding carboxylic acids is 1. The van der Waals surface area contributed by atoms with Gasteiger partial charge in [-0.1, -0.05) is 24.3 Å². The molecule has 2 atom stereocenters. The average molecular weight is 249 g/mol. The summed E-state index contributed by atoms with van der Waals surface area (Å²) in [5.41, 5.74) is 1.51. The van der Waals surface area contributed by atoms with E-state index in [0.29, 0.717) is 6.42 Å². The molecule has 1 aliphatic carbocycles. The largest absolute Gasteiger partial charge is 0.444 e. The first-order valence-corrected chi connectivity index (χ1v) is 6.12. The van der Waals surface area contributed by atoms with Crippen LogP contribution in [-0.2, 0) is 11.2 Å². The molecule has 0 aromatic heterocycles. The third kappa shape index (κ3) is 2.82. The number of benzene rings is 1. The Morgan fingerprint density at radius 2 is 2.06 bits per heavy atom. The predicted molar refractivity (Wildman–Crippen MR) is 68.3 cm³/mol. The molecule has 0 fully saturated rings. The number of nitrogens with one attached hydrogen (secondary N) is 1. The van der Waals surface area contributed by atoms with Crippen molar-refractivity contribution in [1.29, 1.82) is 0 Å². The van der Waals surface area contributed by atoms with Gasteiger partial charge in [0.15, 0.2) is 0 Å². The number of hydrogen-bond acceptors (Lipinski definition) is 3. The number of rotatable bonds is 1. The predicted octanol–water partition coefficient (Wildman–Crippen LogP) is 2.17. The molecule has 1 aliphatic rings. The summed E-state index contributed by atoms with van der Waals surface area (Å²) in [6.07, 6.45) is -0.519. The molecule has 0 bridgehead atoms. The molecule has 2 N–H and O–H groups in total. The highest BCUT2D eigenvalue weighted by atomic mass is 16.6. The number of carbonyl (C=O) groups is 1. The normalized spacial score (nSPS) is 22.4. The van der Waals surface area contributed by atoms with E-state index in [4.69, 9.17) is 4.74 Å². The lowest BCUT2D eigenvalue weighted by Gasteiger charge is -2.23. The number of hydrogen-bond donors (Lipinski definition) is 2. The van der Waals surface area contributed by atoms with E-state index in [1.54, 1.807) is 0 Å². The average Bonchev–Trinajstić information content (AvgIpc) is 2.53. The number of ether oxygens (including phenoxy) is 1. The van der Waals surface area contributed by atoms with Crippen LogP contribution in [0.15, 0.2) is 24.3 Å². The number of aliphatic hydroxyl groups is 1. The van der Waals surface area contributed by atoms with Gasteiger partial charge in [-0.2, -0.15) is 0 Å². The van der Waals surface area contributed by atoms with E-state index in [1.807, 2.05) is 45.0 Å². The van der Waals surface area contributed by atoms with Gasteiger partial charge in [-0.05, 0) is 31.9 Å². The molecule has 0 unspecified atom stereocenters. The van der Waals surface area contributed by atoms with E-state index >= 15 is 0 Å². The fourth-order valence-electron chi connectivity index (χ4n) is 2.18. The highest BCUT2D eigenvalue weighted by molar-refractivity contribution is 5.69. The Balaban J connectivity index is 2.08. The van der Waals surface area contributed by atoms with Gasteiger partial charge in [-0.3, -0.25) is 0 Å². The van der Waals surface area contributed by atoms with Crippen molar-refractivity contribution < 1.29 is 14.6 Å². The summed E-state index contributed by atoms with van der Waals surface area (Å²) in [5.74, 6) is 0. The molecule has 2 rings (SSSR count). The third-order valence-corrected chi connectivity index (χ3v) is 2.88. The van der Waals surface area contributed by atoms with E-state index in [2.05, 4.69) is 5.32 Å². The van der Waals surface area contributed by atoms with Crippen LogP contribution >= 0.6 is 0 Å². The second-order valence-electron chi connectivity index (χ2n) is 5.59. The quantitative estimate of drug-likeness (QED) is 0.802. The Bertz CT molecular complexity index is 451. The van der Waals surface area contributed by atoms with Crippen LogP contribution in [0.25, 0.3) is 0 Å². The first kappa shape index (κ1) is 12.9. The number of aliphatic hydroxyl groups excluding tert-OH is 1. The first-order valence-electron chi connectivity index (χ1n) is 6.12. The highest BCUT2D eigenvalue weighted by Gasteiger charge is 2.32. The summed E-state index contributed by atoms with van der Waals surface area (Å²) in [7, 11) is 0. The second kappa shape index (κ2) is 4.61. The van der Waals surface area contributed by atoms with Crippen molar-refractivity contribution in [3.05, 3.63) is 35.4 Å². The van der Waals surface area contributed by atoms with Crippen LogP contribution in [0.4, 0.5) is 4.79 Å². The third-order valence-electron chi connectivity index (χ3n) is 2.88. The molecule has 98 valence electrons. The molecule has 0 aliphatic heterocycles. The molecular weight excluding hydrogens is 230 g/mol. The first-order chi connectivity index (χ1) is 8.37. The standard InChI is InChI=1S/C14H19NO3/c1-14(2,3)18-13(17)15-12-10-7-5-4-6-9(10)8-11(12)16/h4-7,11-12,16H,8H2,1-3H3,(H,15,17)/t11-,12+/m1/s1. The van der Waals surface area contributed by atoms with Gasteiger partial charge in [-0.15, -0.1) is 0 Å². The lowest BCUT2D eigenvalue weighted by atomic mass is 10.1. The molecule has 0 saturated carbocycles. The van der Waals surface area contributed by atoms with Crippen molar-refractivity contribution in [3.8, 4) is 0 Å². The summed E-state index contributed by atoms with van der Waals surface area (Å²) in [5, 5.41) is 12.7. The van der Waals surface area contributed by atoms with Gasteiger partial charge in [0.05, 0.1) is 12.1 Å². The zero-order valence-electron chi connectivity index (χ0n) is 10.9. The molecule has 18 heavy (non-hydrogen) atoms. The van der Waals surface area contributed by atoms with Gasteiger partial charge in [0, 0.05) is 6.42 Å². The molecule has 4 nitrogen and oxygen atoms in total. The number of fused-ring (bicyclic) bond motifs is 1. The Kier molecular flexibility index (Phi) is 3.30. The Hall–Kier alpha value is -1.55. The fourth-order valence-corrected chi connectivity index (χ4v) is 2.18. The van der Waals surface area contributed by atoms with E-state index in [0.717, 1.165) is 11.1 Å². The van der Waals surface area contributed by atoms with Crippen molar-refractivity contribution in [2.45, 2.75) is 44.9 Å². The van der Waals surface area contributed by atoms with Crippen LogP contribution in [0.5, 0.6) is 0 Å². The van der Waals surface area contributed by atoms with Crippen LogP contribution in [0.2, 0.25) is 0 Å². The van der Waals surface area contributed by atoms with Gasteiger partial charge in [0.25, 0.3) is 0 Å². The molecule has 0 saturated heterocycles. The SMILES string of the molecule is CC(C)(C)OC(=O)N[C@H]1c2ccccc2C[C@H]1O. The maximum Gasteiger partial charge on any atom is 0.408 e. The smallest absolute Gasteiger partial charge is 0.408 e. The highest BCUT2D eigenvalue weighted by Crippen LogP contribution is 2.31. The van der Waals surface area contributed by atoms with Crippen LogP contribution in [-0.4, -0.2) is 22.9 Å². The molecule has 4 heteroatoms. The zero-order valence-corrected chi connectivity index (χ0v) is 10.9. The van der Waals surface area contributed by atoms with Gasteiger partial charge >= 0.3 is 6.09 Å². The summed E-state index contributed by atoms with van der Waals surface area (Å²) in [6.45, 7) is 5.43. The van der Waals surface area contributed by atoms with Crippen molar-refractivity contribution in [3.63, 3.8) is 0 Å². The number of amides is 1. The topological polar surface area (TPSA) is 58.6 Å². The van der Waals surface area contributed by atoms with E-state index in [9.17, 15) is 9.90 Å². The van der Waals surface area contributed by atoms with Gasteiger partial charge in [0.2, 0.25) is 0 Å². The molecule has 1 aromatic rings. The summed E-state index contributed by atoms with van der Waals surface area (Å²) in [6, 6.07) is 7.35. The maximum absolute atomic E-state index is 11.7. The van der Waals surface area contributed by atoms with E-state index in [1.165, 1.54) is 0 Å². The van der Waals surface area contributed by atoms with Gasteiger partial charge in [-0.25, -0.2) is 4.79 Å². The van der Waals surface area contributed by atoms with Gasteiger partial charge in [0.1, 0.15) is 5.60 Å². The molecule has 0 spiro atoms. The Labute approximate surface area is 107 Å². The van der Waals surface area contributed by atoms with Crippen LogP contribution in [0.3, 0.4) is 0 Å². The monoisotopic (exact) mass is 249 g/mol. The lowest BCUT2D eigenvalue weighted by molar-refractivity contribution is 0.0438. The maximum atomic E-state index is 11.7. The minimum Gasteiger partial charge on any atom is -0.444 e. The van der Waals surface area contributed by atoms with Crippen LogP contribution in [0.1, 0.15) is 37.9 Å². The van der Waals surface area contributed by atoms with Crippen LogP contribution < -0.4 is 5.32 Å². The zero-order chi connectivity index (χ0) is 13.3. The van der Waals surface area contributed by atoms with Crippen LogP contribution in [0, 0.1) is 0 Å². The van der Waals surface area contributed by atoms with Crippen molar-refractivity contribution in [1.82, 2.24) is 5.32 Å². The molecule has 1 aromatic carbocycles. The molecule has 0 heterocycles. The van der Waals surface area contributed by atoms with Crippen molar-refractivity contribution in [2.24, 2.45) is 0 Å². The summed E-state index contributed by atoms with van der Waals surface area (Å²) in [4.78, 5) is 11.7. The lowest BCUT2D eigenvalue weighted by Crippen LogP contribution is -2.38. The Morgan fingerprint density at radius 3 is 2.72 bits per heavy atom. The molecule has 1 amide bonds. The summed E-state index contributed by atoms with van der Waals surface area (Å²) < 4.78 is 5.20. The Morgan fingerprint density at radius 1 is 1.39 bits per heavy atom. The summed E-state index contributed by atoms with van der Waals surface area (Å²) >= 11 is 0. The van der Waals surface area contributed by atoms with E-state index < -0.39 is 17.8 Å². The minimum atomic E-state index is -0.588. The molecular formula is C14H19NO3. The number of alkyl carbamates (subject to hydrolysis) is 1. The molecule has 0 radical (unpaired) electrons. The fraction of sp³-hybridized carbons (Fsp3) is 0.500. The van der Waals surface area contributed by atoms with Crippen molar-refractivity contribution in [2.75, 3.05) is 0 Å². The van der Waals surface area contributed by atoms with Crippen molar-refractivity contribution >= 4 is 6.09 Å².